The van der Waals surface area contributed by atoms with Crippen LogP contribution in [0.1, 0.15) is 30.4 Å². The molecule has 9 heteroatoms. The number of nitriles is 1. The van der Waals surface area contributed by atoms with E-state index in [1.165, 1.54) is 14.2 Å². The quantitative estimate of drug-likeness (QED) is 0.246. The SMILES string of the molecule is COC(OC)C1=C(C(=O)OCC=Cc2ccccc2)C(c2cccc(Cl)c2)C(C(=O)OCCC#N)=C(C)N1. The highest BCUT2D eigenvalue weighted by atomic mass is 35.5. The van der Waals surface area contributed by atoms with Gasteiger partial charge in [-0.3, -0.25) is 0 Å². The first-order valence-corrected chi connectivity index (χ1v) is 12.2. The molecular formula is C29H29ClN2O6. The lowest BCUT2D eigenvalue weighted by molar-refractivity contribution is -0.140. The highest BCUT2D eigenvalue weighted by Crippen LogP contribution is 2.41. The number of dihydropyridines is 1. The Hall–Kier alpha value is -3.90. The van der Waals surface area contributed by atoms with E-state index in [9.17, 15) is 9.59 Å². The summed E-state index contributed by atoms with van der Waals surface area (Å²) in [4.78, 5) is 26.9. The molecule has 3 rings (SSSR count). The molecule has 1 atom stereocenters. The Morgan fingerprint density at radius 3 is 2.42 bits per heavy atom. The van der Waals surface area contributed by atoms with E-state index in [4.69, 9.17) is 35.8 Å². The molecule has 2 aromatic carbocycles. The van der Waals surface area contributed by atoms with Gasteiger partial charge in [-0.2, -0.15) is 5.26 Å². The number of nitrogens with zero attached hydrogens (tertiary/aromatic N) is 1. The first kappa shape index (κ1) is 28.7. The average Bonchev–Trinajstić information content (AvgIpc) is 2.92. The monoisotopic (exact) mass is 536 g/mol. The van der Waals surface area contributed by atoms with Gasteiger partial charge in [-0.25, -0.2) is 9.59 Å². The minimum Gasteiger partial charge on any atom is -0.461 e. The second-order valence-electron chi connectivity index (χ2n) is 8.24. The van der Waals surface area contributed by atoms with Gasteiger partial charge in [-0.15, -0.1) is 0 Å². The first-order chi connectivity index (χ1) is 18.4. The Morgan fingerprint density at radius 2 is 1.76 bits per heavy atom. The number of carbonyl (C=O) groups is 2. The van der Waals surface area contributed by atoms with Crippen molar-refractivity contribution < 1.29 is 28.5 Å². The molecule has 2 aromatic rings. The van der Waals surface area contributed by atoms with Crippen LogP contribution in [0.5, 0.6) is 0 Å². The molecule has 1 unspecified atom stereocenters. The van der Waals surface area contributed by atoms with E-state index in [-0.39, 0.29) is 30.8 Å². The van der Waals surface area contributed by atoms with Gasteiger partial charge >= 0.3 is 11.9 Å². The number of benzene rings is 2. The standard InChI is InChI=1S/C29H29ClN2O6/c1-19-23(27(33)38-17-9-15-31)24(21-13-7-14-22(30)18-21)25(26(32-19)29(35-2)36-3)28(34)37-16-8-12-20-10-5-4-6-11-20/h4-8,10-14,18,24,29,32H,9,16-17H2,1-3H3. The number of hydrogen-bond donors (Lipinski definition) is 1. The summed E-state index contributed by atoms with van der Waals surface area (Å²) in [5, 5.41) is 12.4. The maximum absolute atomic E-state index is 13.6. The minimum atomic E-state index is -0.954. The molecule has 0 fully saturated rings. The largest absolute Gasteiger partial charge is 0.461 e. The van der Waals surface area contributed by atoms with Crippen LogP contribution in [-0.4, -0.2) is 45.7 Å². The molecule has 0 radical (unpaired) electrons. The Bertz CT molecular complexity index is 1280. The Balaban J connectivity index is 2.05. The Labute approximate surface area is 227 Å². The fraction of sp³-hybridized carbons (Fsp3) is 0.276. The summed E-state index contributed by atoms with van der Waals surface area (Å²) in [5.74, 6) is -2.25. The number of allylic oxidation sites excluding steroid dienone is 1. The zero-order valence-electron chi connectivity index (χ0n) is 21.4. The lowest BCUT2D eigenvalue weighted by atomic mass is 9.80. The molecular weight excluding hydrogens is 508 g/mol. The fourth-order valence-corrected chi connectivity index (χ4v) is 4.30. The van der Waals surface area contributed by atoms with Gasteiger partial charge in [0, 0.05) is 24.9 Å². The van der Waals surface area contributed by atoms with E-state index < -0.39 is 24.1 Å². The van der Waals surface area contributed by atoms with Crippen LogP contribution in [0.15, 0.2) is 83.2 Å². The van der Waals surface area contributed by atoms with Crippen LogP contribution in [0.2, 0.25) is 5.02 Å². The summed E-state index contributed by atoms with van der Waals surface area (Å²) in [6.07, 6.45) is 2.64. The van der Waals surface area contributed by atoms with Crippen molar-refractivity contribution >= 4 is 29.6 Å². The molecule has 1 heterocycles. The Kier molecular flexibility index (Phi) is 10.7. The van der Waals surface area contributed by atoms with Crippen molar-refractivity contribution in [1.29, 1.82) is 5.26 Å². The number of ether oxygens (including phenoxy) is 4. The molecule has 1 aliphatic rings. The van der Waals surface area contributed by atoms with Crippen molar-refractivity contribution in [2.45, 2.75) is 25.6 Å². The topological polar surface area (TPSA) is 107 Å². The predicted octanol–water partition coefficient (Wildman–Crippen LogP) is 4.89. The van der Waals surface area contributed by atoms with Crippen molar-refractivity contribution in [3.8, 4) is 6.07 Å². The van der Waals surface area contributed by atoms with Crippen LogP contribution in [-0.2, 0) is 28.5 Å². The smallest absolute Gasteiger partial charge is 0.337 e. The molecule has 0 aliphatic carbocycles. The van der Waals surface area contributed by atoms with Crippen LogP contribution < -0.4 is 5.32 Å². The number of esters is 2. The highest BCUT2D eigenvalue weighted by Gasteiger charge is 2.41. The average molecular weight is 537 g/mol. The number of methoxy groups -OCH3 is 2. The summed E-state index contributed by atoms with van der Waals surface area (Å²) in [5.41, 5.74) is 2.56. The number of carbonyl (C=O) groups excluding carboxylic acids is 2. The van der Waals surface area contributed by atoms with Crippen LogP contribution in [0.3, 0.4) is 0 Å². The normalized spacial score (nSPS) is 15.4. The molecule has 0 aromatic heterocycles. The third-order valence-corrected chi connectivity index (χ3v) is 5.98. The van der Waals surface area contributed by atoms with Gasteiger partial charge in [-0.1, -0.05) is 60.1 Å². The van der Waals surface area contributed by atoms with Gasteiger partial charge in [0.2, 0.25) is 0 Å². The summed E-state index contributed by atoms with van der Waals surface area (Å²) in [6.45, 7) is 1.58. The molecule has 0 bridgehead atoms. The van der Waals surface area contributed by atoms with Gasteiger partial charge in [0.1, 0.15) is 13.2 Å². The zero-order chi connectivity index (χ0) is 27.5. The van der Waals surface area contributed by atoms with Gasteiger partial charge in [0.25, 0.3) is 0 Å². The second-order valence-corrected chi connectivity index (χ2v) is 8.67. The van der Waals surface area contributed by atoms with Gasteiger partial charge in [0.05, 0.1) is 35.3 Å². The van der Waals surface area contributed by atoms with Crippen LogP contribution >= 0.6 is 11.6 Å². The van der Waals surface area contributed by atoms with Gasteiger partial charge in [-0.05, 0) is 36.3 Å². The van der Waals surface area contributed by atoms with E-state index in [2.05, 4.69) is 5.32 Å². The molecule has 8 nitrogen and oxygen atoms in total. The number of hydrogen-bond acceptors (Lipinski definition) is 8. The molecule has 1 N–H and O–H groups in total. The van der Waals surface area contributed by atoms with Crippen LogP contribution in [0.25, 0.3) is 6.08 Å². The lowest BCUT2D eigenvalue weighted by Crippen LogP contribution is -2.38. The zero-order valence-corrected chi connectivity index (χ0v) is 22.2. The number of halogens is 1. The summed E-state index contributed by atoms with van der Waals surface area (Å²) >= 11 is 6.30. The van der Waals surface area contributed by atoms with Crippen molar-refractivity contribution in [2.75, 3.05) is 27.4 Å². The third-order valence-electron chi connectivity index (χ3n) is 5.75. The van der Waals surface area contributed by atoms with E-state index >= 15 is 0 Å². The molecule has 0 saturated heterocycles. The highest BCUT2D eigenvalue weighted by molar-refractivity contribution is 6.30. The van der Waals surface area contributed by atoms with E-state index in [1.807, 2.05) is 42.5 Å². The van der Waals surface area contributed by atoms with E-state index in [0.717, 1.165) is 5.56 Å². The summed E-state index contributed by atoms with van der Waals surface area (Å²) < 4.78 is 21.9. The predicted molar refractivity (Wildman–Crippen MR) is 142 cm³/mol. The summed E-state index contributed by atoms with van der Waals surface area (Å²) in [6, 6.07) is 18.4. The van der Waals surface area contributed by atoms with Crippen molar-refractivity contribution in [3.63, 3.8) is 0 Å². The van der Waals surface area contributed by atoms with Crippen LogP contribution in [0, 0.1) is 11.3 Å². The molecule has 38 heavy (non-hydrogen) atoms. The van der Waals surface area contributed by atoms with Crippen LogP contribution in [0.4, 0.5) is 0 Å². The van der Waals surface area contributed by atoms with E-state index in [0.29, 0.717) is 22.0 Å². The maximum Gasteiger partial charge on any atom is 0.337 e. The second kappa shape index (κ2) is 14.1. The lowest BCUT2D eigenvalue weighted by Gasteiger charge is -2.33. The molecule has 0 saturated carbocycles. The maximum atomic E-state index is 13.6. The van der Waals surface area contributed by atoms with Gasteiger partial charge in [0.15, 0.2) is 6.29 Å². The van der Waals surface area contributed by atoms with Crippen molar-refractivity contribution in [2.24, 2.45) is 0 Å². The minimum absolute atomic E-state index is 0.0119. The third kappa shape index (κ3) is 7.11. The summed E-state index contributed by atoms with van der Waals surface area (Å²) in [7, 11) is 2.88. The number of nitrogens with one attached hydrogen (secondary N) is 1. The number of rotatable bonds is 11. The molecule has 1 aliphatic heterocycles. The molecule has 198 valence electrons. The first-order valence-electron chi connectivity index (χ1n) is 11.9. The molecule has 0 spiro atoms. The van der Waals surface area contributed by atoms with Gasteiger partial charge < -0.3 is 24.3 Å². The van der Waals surface area contributed by atoms with Crippen molar-refractivity contribution in [3.05, 3.63) is 99.4 Å². The Morgan fingerprint density at radius 1 is 1.05 bits per heavy atom. The molecule has 0 amide bonds. The van der Waals surface area contributed by atoms with Crippen molar-refractivity contribution in [1.82, 2.24) is 5.32 Å². The fourth-order valence-electron chi connectivity index (χ4n) is 4.11. The van der Waals surface area contributed by atoms with E-state index in [1.54, 1.807) is 37.3 Å².